The van der Waals surface area contributed by atoms with Crippen molar-refractivity contribution in [2.75, 3.05) is 26.0 Å². The largest absolute Gasteiger partial charge is 0.493 e. The highest BCUT2D eigenvalue weighted by Gasteiger charge is 2.26. The van der Waals surface area contributed by atoms with Crippen LogP contribution < -0.4 is 4.74 Å². The van der Waals surface area contributed by atoms with Crippen LogP contribution in [0.4, 0.5) is 0 Å². The van der Waals surface area contributed by atoms with Crippen molar-refractivity contribution in [1.82, 2.24) is 4.31 Å². The van der Waals surface area contributed by atoms with Gasteiger partial charge >= 0.3 is 0 Å². The first kappa shape index (κ1) is 16.9. The van der Waals surface area contributed by atoms with Crippen LogP contribution in [0.15, 0.2) is 18.2 Å². The number of nitrogens with zero attached hydrogens (tertiary/aromatic N) is 1. The van der Waals surface area contributed by atoms with Gasteiger partial charge in [-0.15, -0.1) is 11.6 Å². The fourth-order valence-corrected chi connectivity index (χ4v) is 3.99. The Morgan fingerprint density at radius 1 is 1.43 bits per heavy atom. The molecule has 2 rings (SSSR count). The minimum absolute atomic E-state index is 0.190. The van der Waals surface area contributed by atoms with Crippen molar-refractivity contribution in [2.45, 2.75) is 18.7 Å². The maximum absolute atomic E-state index is 11.6. The van der Waals surface area contributed by atoms with Gasteiger partial charge in [-0.2, -0.15) is 0 Å². The summed E-state index contributed by atoms with van der Waals surface area (Å²) in [6, 6.07) is 5.43. The summed E-state index contributed by atoms with van der Waals surface area (Å²) in [5.74, 6) is 1.15. The van der Waals surface area contributed by atoms with Crippen LogP contribution in [-0.2, 0) is 15.9 Å². The third kappa shape index (κ3) is 4.49. The Balaban J connectivity index is 1.99. The second-order valence-corrected chi connectivity index (χ2v) is 7.95. The normalized spacial score (nSPS) is 20.4. The molecule has 4 nitrogen and oxygen atoms in total. The van der Waals surface area contributed by atoms with E-state index >= 15 is 0 Å². The fourth-order valence-electron chi connectivity index (χ4n) is 2.48. The fraction of sp³-hybridized carbons (Fsp3) is 0.571. The molecule has 1 aliphatic heterocycles. The monoisotopic (exact) mass is 351 g/mol. The van der Waals surface area contributed by atoms with Gasteiger partial charge in [0, 0.05) is 29.6 Å². The summed E-state index contributed by atoms with van der Waals surface area (Å²) < 4.78 is 30.5. The summed E-state index contributed by atoms with van der Waals surface area (Å²) in [7, 11) is -3.13. The van der Waals surface area contributed by atoms with E-state index in [4.69, 9.17) is 27.9 Å². The summed E-state index contributed by atoms with van der Waals surface area (Å²) in [6.07, 6.45) is 3.07. The van der Waals surface area contributed by atoms with Crippen molar-refractivity contribution < 1.29 is 13.2 Å². The Bertz CT molecular complexity index is 592. The predicted octanol–water partition coefficient (Wildman–Crippen LogP) is 3.13. The van der Waals surface area contributed by atoms with Gasteiger partial charge in [0.15, 0.2) is 0 Å². The molecule has 1 saturated heterocycles. The first-order chi connectivity index (χ1) is 9.91. The van der Waals surface area contributed by atoms with Gasteiger partial charge in [0.1, 0.15) is 5.75 Å². The van der Waals surface area contributed by atoms with E-state index in [9.17, 15) is 8.42 Å². The third-order valence-electron chi connectivity index (χ3n) is 3.63. The molecular formula is C14H19Cl2NO3S. The van der Waals surface area contributed by atoms with Crippen LogP contribution in [0, 0.1) is 5.92 Å². The first-order valence-electron chi connectivity index (χ1n) is 6.83. The number of halogens is 2. The average molecular weight is 352 g/mol. The maximum Gasteiger partial charge on any atom is 0.211 e. The number of rotatable bonds is 5. The third-order valence-corrected chi connectivity index (χ3v) is 5.53. The Morgan fingerprint density at radius 3 is 2.86 bits per heavy atom. The predicted molar refractivity (Wildman–Crippen MR) is 85.6 cm³/mol. The number of sulfonamides is 1. The Hall–Kier alpha value is -0.490. The average Bonchev–Trinajstić information content (AvgIpc) is 2.44. The standard InChI is InChI=1S/C14H19Cl2NO3S/c1-21(18,19)17-7-3-4-11(9-17)10-20-14-6-2-5-13(16)12(14)8-15/h2,5-6,11H,3-4,7-10H2,1H3. The minimum Gasteiger partial charge on any atom is -0.493 e. The molecule has 1 aliphatic rings. The van der Waals surface area contributed by atoms with Crippen molar-refractivity contribution in [3.63, 3.8) is 0 Å². The van der Waals surface area contributed by atoms with E-state index < -0.39 is 10.0 Å². The molecule has 1 aromatic carbocycles. The number of hydrogen-bond donors (Lipinski definition) is 0. The number of hydrogen-bond acceptors (Lipinski definition) is 3. The van der Waals surface area contributed by atoms with Crippen LogP contribution in [0.5, 0.6) is 5.75 Å². The van der Waals surface area contributed by atoms with Crippen LogP contribution in [0.2, 0.25) is 5.02 Å². The quantitative estimate of drug-likeness (QED) is 0.765. The molecule has 0 aromatic heterocycles. The molecule has 0 saturated carbocycles. The van der Waals surface area contributed by atoms with Crippen LogP contribution in [0.25, 0.3) is 0 Å². The molecule has 1 heterocycles. The second-order valence-electron chi connectivity index (χ2n) is 5.29. The zero-order valence-corrected chi connectivity index (χ0v) is 14.2. The summed E-state index contributed by atoms with van der Waals surface area (Å²) >= 11 is 12.0. The molecule has 1 fully saturated rings. The molecule has 1 atom stereocenters. The highest BCUT2D eigenvalue weighted by Crippen LogP contribution is 2.29. The molecule has 7 heteroatoms. The van der Waals surface area contributed by atoms with E-state index in [1.165, 1.54) is 10.6 Å². The minimum atomic E-state index is -3.13. The van der Waals surface area contributed by atoms with Crippen LogP contribution in [-0.4, -0.2) is 38.7 Å². The lowest BCUT2D eigenvalue weighted by Gasteiger charge is -2.30. The van der Waals surface area contributed by atoms with Crippen molar-refractivity contribution in [2.24, 2.45) is 5.92 Å². The maximum atomic E-state index is 11.6. The molecule has 1 aromatic rings. The molecule has 1 unspecified atom stereocenters. The van der Waals surface area contributed by atoms with Crippen LogP contribution >= 0.6 is 23.2 Å². The van der Waals surface area contributed by atoms with E-state index in [1.807, 2.05) is 12.1 Å². The number of benzene rings is 1. The lowest BCUT2D eigenvalue weighted by Crippen LogP contribution is -2.40. The topological polar surface area (TPSA) is 46.6 Å². The van der Waals surface area contributed by atoms with E-state index in [0.717, 1.165) is 18.4 Å². The van der Waals surface area contributed by atoms with Gasteiger partial charge in [0.25, 0.3) is 0 Å². The van der Waals surface area contributed by atoms with Crippen molar-refractivity contribution in [1.29, 1.82) is 0 Å². The number of ether oxygens (including phenoxy) is 1. The lowest BCUT2D eigenvalue weighted by molar-refractivity contribution is 0.180. The molecule has 0 N–H and O–H groups in total. The van der Waals surface area contributed by atoms with E-state index in [2.05, 4.69) is 0 Å². The first-order valence-corrected chi connectivity index (χ1v) is 9.59. The molecule has 0 amide bonds. The van der Waals surface area contributed by atoms with Gasteiger partial charge in [-0.3, -0.25) is 0 Å². The van der Waals surface area contributed by atoms with Crippen molar-refractivity contribution in [3.8, 4) is 5.75 Å². The van der Waals surface area contributed by atoms with Gasteiger partial charge in [-0.05, 0) is 25.0 Å². The van der Waals surface area contributed by atoms with E-state index in [1.54, 1.807) is 6.07 Å². The van der Waals surface area contributed by atoms with E-state index in [0.29, 0.717) is 30.5 Å². The lowest BCUT2D eigenvalue weighted by atomic mass is 10.0. The van der Waals surface area contributed by atoms with Gasteiger partial charge in [-0.1, -0.05) is 17.7 Å². The molecule has 0 spiro atoms. The zero-order valence-electron chi connectivity index (χ0n) is 11.9. The molecule has 0 bridgehead atoms. The zero-order chi connectivity index (χ0) is 15.5. The smallest absolute Gasteiger partial charge is 0.211 e. The molecule has 0 radical (unpaired) electrons. The SMILES string of the molecule is CS(=O)(=O)N1CCCC(COc2cccc(Cl)c2CCl)C1. The van der Waals surface area contributed by atoms with Gasteiger partial charge < -0.3 is 4.74 Å². The summed E-state index contributed by atoms with van der Waals surface area (Å²) in [6.45, 7) is 1.57. The van der Waals surface area contributed by atoms with Crippen molar-refractivity contribution in [3.05, 3.63) is 28.8 Å². The summed E-state index contributed by atoms with van der Waals surface area (Å²) in [5, 5.41) is 0.587. The van der Waals surface area contributed by atoms with Gasteiger partial charge in [-0.25, -0.2) is 12.7 Å². The number of piperidine rings is 1. The Morgan fingerprint density at radius 2 is 2.19 bits per heavy atom. The second kappa shape index (κ2) is 7.18. The van der Waals surface area contributed by atoms with Gasteiger partial charge in [0.2, 0.25) is 10.0 Å². The van der Waals surface area contributed by atoms with Crippen molar-refractivity contribution >= 4 is 33.2 Å². The number of alkyl halides is 1. The van der Waals surface area contributed by atoms with Crippen LogP contribution in [0.3, 0.4) is 0 Å². The van der Waals surface area contributed by atoms with Gasteiger partial charge in [0.05, 0.1) is 18.7 Å². The molecule has 118 valence electrons. The summed E-state index contributed by atoms with van der Waals surface area (Å²) in [5.41, 5.74) is 0.775. The summed E-state index contributed by atoms with van der Waals surface area (Å²) in [4.78, 5) is 0. The highest BCUT2D eigenvalue weighted by atomic mass is 35.5. The molecule has 0 aliphatic carbocycles. The Kier molecular flexibility index (Phi) is 5.77. The van der Waals surface area contributed by atoms with Crippen LogP contribution in [0.1, 0.15) is 18.4 Å². The molecular weight excluding hydrogens is 333 g/mol. The molecule has 21 heavy (non-hydrogen) atoms. The Labute approximate surface area is 136 Å². The highest BCUT2D eigenvalue weighted by molar-refractivity contribution is 7.88. The van der Waals surface area contributed by atoms with E-state index in [-0.39, 0.29) is 11.8 Å².